The summed E-state index contributed by atoms with van der Waals surface area (Å²) in [5, 5.41) is 0.764. The SMILES string of the molecule is CCN(Cc1ccncc1)c1ccc(Br)cc1Cl. The molecule has 1 heterocycles. The van der Waals surface area contributed by atoms with E-state index in [1.165, 1.54) is 5.56 Å². The van der Waals surface area contributed by atoms with Crippen molar-refractivity contribution in [3.8, 4) is 0 Å². The molecule has 0 saturated heterocycles. The van der Waals surface area contributed by atoms with Crippen molar-refractivity contribution in [3.05, 3.63) is 57.8 Å². The lowest BCUT2D eigenvalue weighted by atomic mass is 10.2. The first-order chi connectivity index (χ1) is 8.70. The molecular formula is C14H14BrClN2. The first kappa shape index (κ1) is 13.4. The Morgan fingerprint density at radius 3 is 2.56 bits per heavy atom. The molecule has 0 fully saturated rings. The van der Waals surface area contributed by atoms with Crippen LogP contribution >= 0.6 is 27.5 Å². The molecule has 0 N–H and O–H groups in total. The molecule has 0 aliphatic heterocycles. The monoisotopic (exact) mass is 324 g/mol. The van der Waals surface area contributed by atoms with Crippen molar-refractivity contribution in [1.29, 1.82) is 0 Å². The minimum absolute atomic E-state index is 0.764. The van der Waals surface area contributed by atoms with E-state index in [2.05, 4.69) is 32.7 Å². The van der Waals surface area contributed by atoms with E-state index < -0.39 is 0 Å². The number of benzene rings is 1. The molecule has 94 valence electrons. The van der Waals surface area contributed by atoms with E-state index in [-0.39, 0.29) is 0 Å². The lowest BCUT2D eigenvalue weighted by molar-refractivity contribution is 0.830. The van der Waals surface area contributed by atoms with Gasteiger partial charge in [0.15, 0.2) is 0 Å². The second kappa shape index (κ2) is 6.21. The second-order valence-electron chi connectivity index (χ2n) is 3.97. The number of hydrogen-bond donors (Lipinski definition) is 0. The highest BCUT2D eigenvalue weighted by Gasteiger charge is 2.09. The number of aromatic nitrogens is 1. The molecule has 2 aromatic rings. The quantitative estimate of drug-likeness (QED) is 0.821. The molecule has 4 heteroatoms. The van der Waals surface area contributed by atoms with E-state index in [1.54, 1.807) is 0 Å². The highest BCUT2D eigenvalue weighted by atomic mass is 79.9. The van der Waals surface area contributed by atoms with Crippen LogP contribution in [0.4, 0.5) is 5.69 Å². The molecule has 2 rings (SSSR count). The Morgan fingerprint density at radius 2 is 1.94 bits per heavy atom. The summed E-state index contributed by atoms with van der Waals surface area (Å²) in [7, 11) is 0. The summed E-state index contributed by atoms with van der Waals surface area (Å²) < 4.78 is 0.996. The molecule has 2 nitrogen and oxygen atoms in total. The summed E-state index contributed by atoms with van der Waals surface area (Å²) in [6.45, 7) is 3.86. The Balaban J connectivity index is 2.23. The molecule has 18 heavy (non-hydrogen) atoms. The summed E-state index contributed by atoms with van der Waals surface area (Å²) in [6.07, 6.45) is 3.62. The summed E-state index contributed by atoms with van der Waals surface area (Å²) >= 11 is 9.71. The maximum Gasteiger partial charge on any atom is 0.0650 e. The van der Waals surface area contributed by atoms with Gasteiger partial charge in [-0.2, -0.15) is 0 Å². The van der Waals surface area contributed by atoms with Crippen LogP contribution in [0.2, 0.25) is 5.02 Å². The van der Waals surface area contributed by atoms with Gasteiger partial charge in [0.1, 0.15) is 0 Å². The Labute approximate surface area is 121 Å². The highest BCUT2D eigenvalue weighted by Crippen LogP contribution is 2.29. The zero-order valence-electron chi connectivity index (χ0n) is 10.1. The van der Waals surface area contributed by atoms with Crippen molar-refractivity contribution in [2.75, 3.05) is 11.4 Å². The Morgan fingerprint density at radius 1 is 1.22 bits per heavy atom. The molecule has 0 aliphatic rings. The van der Waals surface area contributed by atoms with Crippen LogP contribution in [0.25, 0.3) is 0 Å². The van der Waals surface area contributed by atoms with Gasteiger partial charge >= 0.3 is 0 Å². The van der Waals surface area contributed by atoms with Gasteiger partial charge in [0, 0.05) is 30.0 Å². The number of anilines is 1. The summed E-state index contributed by atoms with van der Waals surface area (Å²) in [5.74, 6) is 0. The van der Waals surface area contributed by atoms with Crippen molar-refractivity contribution >= 4 is 33.2 Å². The smallest absolute Gasteiger partial charge is 0.0650 e. The summed E-state index contributed by atoms with van der Waals surface area (Å²) in [6, 6.07) is 10.0. The molecule has 0 bridgehead atoms. The second-order valence-corrected chi connectivity index (χ2v) is 5.29. The molecule has 0 amide bonds. The third-order valence-corrected chi connectivity index (χ3v) is 3.55. The van der Waals surface area contributed by atoms with Crippen LogP contribution in [-0.2, 0) is 6.54 Å². The van der Waals surface area contributed by atoms with Crippen LogP contribution in [0.1, 0.15) is 12.5 Å². The van der Waals surface area contributed by atoms with Crippen LogP contribution in [0.5, 0.6) is 0 Å². The van der Waals surface area contributed by atoms with Crippen LogP contribution in [0.15, 0.2) is 47.2 Å². The lowest BCUT2D eigenvalue weighted by Crippen LogP contribution is -2.22. The van der Waals surface area contributed by atoms with E-state index >= 15 is 0 Å². The Bertz CT molecular complexity index is 516. The van der Waals surface area contributed by atoms with Crippen LogP contribution in [0.3, 0.4) is 0 Å². The van der Waals surface area contributed by atoms with Crippen molar-refractivity contribution in [2.24, 2.45) is 0 Å². The molecule has 0 radical (unpaired) electrons. The number of halogens is 2. The number of hydrogen-bond acceptors (Lipinski definition) is 2. The number of rotatable bonds is 4. The van der Waals surface area contributed by atoms with Crippen LogP contribution in [-0.4, -0.2) is 11.5 Å². The van der Waals surface area contributed by atoms with Crippen molar-refractivity contribution < 1.29 is 0 Å². The predicted octanol–water partition coefficient (Wildman–Crippen LogP) is 4.52. The first-order valence-electron chi connectivity index (χ1n) is 5.79. The van der Waals surface area contributed by atoms with E-state index in [1.807, 2.05) is 42.7 Å². The van der Waals surface area contributed by atoms with Crippen molar-refractivity contribution in [3.63, 3.8) is 0 Å². The fraction of sp³-hybridized carbons (Fsp3) is 0.214. The average molecular weight is 326 g/mol. The third-order valence-electron chi connectivity index (χ3n) is 2.75. The zero-order chi connectivity index (χ0) is 13.0. The van der Waals surface area contributed by atoms with Crippen LogP contribution in [0, 0.1) is 0 Å². The minimum atomic E-state index is 0.764. The Hall–Kier alpha value is -1.06. The predicted molar refractivity (Wildman–Crippen MR) is 80.1 cm³/mol. The van der Waals surface area contributed by atoms with Gasteiger partial charge in [-0.05, 0) is 42.8 Å². The van der Waals surface area contributed by atoms with Crippen molar-refractivity contribution in [2.45, 2.75) is 13.5 Å². The van der Waals surface area contributed by atoms with Gasteiger partial charge in [-0.3, -0.25) is 4.98 Å². The average Bonchev–Trinajstić information content (AvgIpc) is 2.38. The zero-order valence-corrected chi connectivity index (χ0v) is 12.4. The third kappa shape index (κ3) is 3.24. The molecule has 0 atom stereocenters. The minimum Gasteiger partial charge on any atom is -0.366 e. The fourth-order valence-corrected chi connectivity index (χ4v) is 2.61. The largest absolute Gasteiger partial charge is 0.366 e. The van der Waals surface area contributed by atoms with Gasteiger partial charge in [-0.25, -0.2) is 0 Å². The molecular weight excluding hydrogens is 312 g/mol. The molecule has 0 unspecified atom stereocenters. The maximum atomic E-state index is 6.29. The molecule has 1 aromatic heterocycles. The van der Waals surface area contributed by atoms with E-state index in [0.29, 0.717) is 0 Å². The number of pyridine rings is 1. The molecule has 1 aromatic carbocycles. The topological polar surface area (TPSA) is 16.1 Å². The van der Waals surface area contributed by atoms with Gasteiger partial charge < -0.3 is 4.90 Å². The fourth-order valence-electron chi connectivity index (χ4n) is 1.81. The standard InChI is InChI=1S/C14H14BrClN2/c1-2-18(10-11-5-7-17-8-6-11)14-4-3-12(15)9-13(14)16/h3-9H,2,10H2,1H3. The van der Waals surface area contributed by atoms with Gasteiger partial charge in [-0.1, -0.05) is 27.5 Å². The normalized spacial score (nSPS) is 10.4. The Kier molecular flexibility index (Phi) is 4.61. The summed E-state index contributed by atoms with van der Waals surface area (Å²) in [5.41, 5.74) is 2.28. The lowest BCUT2D eigenvalue weighted by Gasteiger charge is -2.24. The van der Waals surface area contributed by atoms with Gasteiger partial charge in [-0.15, -0.1) is 0 Å². The highest BCUT2D eigenvalue weighted by molar-refractivity contribution is 9.10. The first-order valence-corrected chi connectivity index (χ1v) is 6.96. The summed E-state index contributed by atoms with van der Waals surface area (Å²) in [4.78, 5) is 6.27. The van der Waals surface area contributed by atoms with E-state index in [9.17, 15) is 0 Å². The van der Waals surface area contributed by atoms with E-state index in [0.717, 1.165) is 28.3 Å². The van der Waals surface area contributed by atoms with Gasteiger partial charge in [0.25, 0.3) is 0 Å². The number of nitrogens with zero attached hydrogens (tertiary/aromatic N) is 2. The van der Waals surface area contributed by atoms with Crippen molar-refractivity contribution in [1.82, 2.24) is 4.98 Å². The maximum absolute atomic E-state index is 6.29. The van der Waals surface area contributed by atoms with Gasteiger partial charge in [0.2, 0.25) is 0 Å². The van der Waals surface area contributed by atoms with E-state index in [4.69, 9.17) is 11.6 Å². The molecule has 0 aliphatic carbocycles. The van der Waals surface area contributed by atoms with Gasteiger partial charge in [0.05, 0.1) is 10.7 Å². The molecule has 0 saturated carbocycles. The molecule has 0 spiro atoms. The van der Waals surface area contributed by atoms with Crippen LogP contribution < -0.4 is 4.90 Å².